The highest BCUT2D eigenvalue weighted by Gasteiger charge is 2.14. The summed E-state index contributed by atoms with van der Waals surface area (Å²) in [6, 6.07) is 15.6. The smallest absolute Gasteiger partial charge is 0.342 e. The summed E-state index contributed by atoms with van der Waals surface area (Å²) in [5, 5.41) is 11.2. The molecular weight excluding hydrogens is 334 g/mol. The number of nitrogens with one attached hydrogen (secondary N) is 1. The number of carboxylic acids is 1. The minimum atomic E-state index is -0.974. The Kier molecular flexibility index (Phi) is 3.82. The lowest BCUT2D eigenvalue weighted by atomic mass is 10.1. The standard InChI is InChI=1S/C19H15N3O2S/c1-22-11-12(13-6-2-5-9-16(13)22)10-17(18(23)24)25-19-20-14-7-3-4-8-15(14)21-19/h2-11H,1H3,(H,20,21)(H,23,24)/b17-10-. The molecule has 0 bridgehead atoms. The van der Waals surface area contributed by atoms with Crippen molar-refractivity contribution in [3.05, 3.63) is 65.2 Å². The molecule has 6 heteroatoms. The molecule has 0 fully saturated rings. The Morgan fingerprint density at radius 2 is 1.96 bits per heavy atom. The minimum Gasteiger partial charge on any atom is -0.477 e. The van der Waals surface area contributed by atoms with Gasteiger partial charge in [-0.05, 0) is 36.0 Å². The zero-order chi connectivity index (χ0) is 17.4. The van der Waals surface area contributed by atoms with Gasteiger partial charge in [-0.3, -0.25) is 0 Å². The first kappa shape index (κ1) is 15.5. The SMILES string of the molecule is Cn1cc(/C=C(\Sc2nc3ccccc3[nH]2)C(=O)O)c2ccccc21. The van der Waals surface area contributed by atoms with Crippen LogP contribution in [0.1, 0.15) is 5.56 Å². The Morgan fingerprint density at radius 3 is 2.76 bits per heavy atom. The van der Waals surface area contributed by atoms with E-state index in [0.29, 0.717) is 5.16 Å². The number of rotatable bonds is 4. The summed E-state index contributed by atoms with van der Waals surface area (Å²) in [5.74, 6) is -0.974. The average Bonchev–Trinajstić information content (AvgIpc) is 3.15. The summed E-state index contributed by atoms with van der Waals surface area (Å²) < 4.78 is 1.99. The highest BCUT2D eigenvalue weighted by molar-refractivity contribution is 8.04. The number of carboxylic acid groups (broad SMARTS) is 1. The van der Waals surface area contributed by atoms with Crippen molar-refractivity contribution in [1.29, 1.82) is 0 Å². The van der Waals surface area contributed by atoms with Gasteiger partial charge in [0.1, 0.15) is 4.91 Å². The molecule has 0 saturated carbocycles. The lowest BCUT2D eigenvalue weighted by molar-refractivity contribution is -0.131. The van der Waals surface area contributed by atoms with Gasteiger partial charge in [-0.15, -0.1) is 0 Å². The van der Waals surface area contributed by atoms with Gasteiger partial charge in [-0.25, -0.2) is 9.78 Å². The number of thioether (sulfide) groups is 1. The van der Waals surface area contributed by atoms with Crippen LogP contribution in [0.4, 0.5) is 0 Å². The number of fused-ring (bicyclic) bond motifs is 2. The third-order valence-corrected chi connectivity index (χ3v) is 4.90. The number of H-pyrrole nitrogens is 1. The maximum atomic E-state index is 11.7. The number of imidazole rings is 1. The molecule has 0 aliphatic rings. The number of para-hydroxylation sites is 3. The fourth-order valence-electron chi connectivity index (χ4n) is 2.85. The molecule has 0 amide bonds. The first-order valence-corrected chi connectivity index (χ1v) is 8.55. The van der Waals surface area contributed by atoms with Crippen molar-refractivity contribution >= 4 is 45.7 Å². The van der Waals surface area contributed by atoms with Gasteiger partial charge >= 0.3 is 5.97 Å². The Labute approximate surface area is 148 Å². The van der Waals surface area contributed by atoms with Crippen LogP contribution in [0, 0.1) is 0 Å². The topological polar surface area (TPSA) is 70.9 Å². The second kappa shape index (κ2) is 6.14. The van der Waals surface area contributed by atoms with Gasteiger partial charge in [0.05, 0.1) is 11.0 Å². The van der Waals surface area contributed by atoms with Crippen LogP contribution < -0.4 is 0 Å². The number of aliphatic carboxylic acids is 1. The Bertz CT molecular complexity index is 1090. The number of aromatic amines is 1. The third kappa shape index (κ3) is 2.92. The predicted octanol–water partition coefficient (Wildman–Crippen LogP) is 4.27. The molecule has 4 rings (SSSR count). The Hall–Kier alpha value is -2.99. The molecule has 25 heavy (non-hydrogen) atoms. The largest absolute Gasteiger partial charge is 0.477 e. The number of hydrogen-bond acceptors (Lipinski definition) is 3. The van der Waals surface area contributed by atoms with Crippen LogP contribution in [-0.2, 0) is 11.8 Å². The number of hydrogen-bond donors (Lipinski definition) is 2. The maximum Gasteiger partial charge on any atom is 0.342 e. The Morgan fingerprint density at radius 1 is 1.20 bits per heavy atom. The number of nitrogens with zero attached hydrogens (tertiary/aromatic N) is 2. The van der Waals surface area contributed by atoms with Crippen LogP contribution in [0.3, 0.4) is 0 Å². The average molecular weight is 349 g/mol. The summed E-state index contributed by atoms with van der Waals surface area (Å²) in [7, 11) is 1.95. The van der Waals surface area contributed by atoms with E-state index in [1.54, 1.807) is 6.08 Å². The summed E-state index contributed by atoms with van der Waals surface area (Å²) in [6.07, 6.45) is 3.63. The van der Waals surface area contributed by atoms with Gasteiger partial charge in [0.25, 0.3) is 0 Å². The zero-order valence-electron chi connectivity index (χ0n) is 13.4. The van der Waals surface area contributed by atoms with E-state index in [4.69, 9.17) is 0 Å². The van der Waals surface area contributed by atoms with Crippen molar-refractivity contribution < 1.29 is 9.90 Å². The summed E-state index contributed by atoms with van der Waals surface area (Å²) in [5.41, 5.74) is 3.64. The molecule has 124 valence electrons. The van der Waals surface area contributed by atoms with Gasteiger partial charge in [0.15, 0.2) is 5.16 Å². The van der Waals surface area contributed by atoms with Gasteiger partial charge in [-0.1, -0.05) is 30.3 Å². The van der Waals surface area contributed by atoms with Crippen molar-refractivity contribution in [3.8, 4) is 0 Å². The molecule has 0 aliphatic heterocycles. The summed E-state index contributed by atoms with van der Waals surface area (Å²) >= 11 is 1.12. The Balaban J connectivity index is 1.75. The molecule has 0 atom stereocenters. The fraction of sp³-hybridized carbons (Fsp3) is 0.0526. The van der Waals surface area contributed by atoms with Crippen LogP contribution >= 0.6 is 11.8 Å². The molecule has 0 aliphatic carbocycles. The van der Waals surface area contributed by atoms with E-state index in [1.165, 1.54) is 0 Å². The van der Waals surface area contributed by atoms with Gasteiger partial charge in [-0.2, -0.15) is 0 Å². The number of carbonyl (C=O) groups is 1. The van der Waals surface area contributed by atoms with Crippen molar-refractivity contribution in [2.75, 3.05) is 0 Å². The first-order valence-electron chi connectivity index (χ1n) is 7.73. The second-order valence-electron chi connectivity index (χ2n) is 5.69. The van der Waals surface area contributed by atoms with E-state index in [1.807, 2.05) is 66.3 Å². The van der Waals surface area contributed by atoms with Crippen molar-refractivity contribution in [2.24, 2.45) is 7.05 Å². The van der Waals surface area contributed by atoms with Gasteiger partial charge in [0.2, 0.25) is 0 Å². The van der Waals surface area contributed by atoms with E-state index >= 15 is 0 Å². The molecule has 2 aromatic heterocycles. The molecule has 0 spiro atoms. The zero-order valence-corrected chi connectivity index (χ0v) is 14.2. The van der Waals surface area contributed by atoms with Crippen LogP contribution in [0.5, 0.6) is 0 Å². The normalized spacial score (nSPS) is 12.1. The predicted molar refractivity (Wildman–Crippen MR) is 100 cm³/mol. The van der Waals surface area contributed by atoms with E-state index in [9.17, 15) is 9.90 Å². The number of aryl methyl sites for hydroxylation is 1. The third-order valence-electron chi connectivity index (χ3n) is 4.00. The van der Waals surface area contributed by atoms with Crippen LogP contribution in [0.15, 0.2) is 64.8 Å². The quantitative estimate of drug-likeness (QED) is 0.426. The van der Waals surface area contributed by atoms with Crippen molar-refractivity contribution in [3.63, 3.8) is 0 Å². The summed E-state index contributed by atoms with van der Waals surface area (Å²) in [4.78, 5) is 19.5. The fourth-order valence-corrected chi connectivity index (χ4v) is 3.63. The van der Waals surface area contributed by atoms with E-state index in [2.05, 4.69) is 9.97 Å². The van der Waals surface area contributed by atoms with Crippen LogP contribution in [-0.4, -0.2) is 25.6 Å². The molecule has 5 nitrogen and oxygen atoms in total. The van der Waals surface area contributed by atoms with Gasteiger partial charge in [0, 0.05) is 29.7 Å². The van der Waals surface area contributed by atoms with Crippen LogP contribution in [0.2, 0.25) is 0 Å². The van der Waals surface area contributed by atoms with Crippen LogP contribution in [0.25, 0.3) is 28.0 Å². The summed E-state index contributed by atoms with van der Waals surface area (Å²) in [6.45, 7) is 0. The second-order valence-corrected chi connectivity index (χ2v) is 6.72. The van der Waals surface area contributed by atoms with Crippen molar-refractivity contribution in [2.45, 2.75) is 5.16 Å². The highest BCUT2D eigenvalue weighted by Crippen LogP contribution is 2.30. The monoisotopic (exact) mass is 349 g/mol. The van der Waals surface area contributed by atoms with E-state index < -0.39 is 5.97 Å². The minimum absolute atomic E-state index is 0.218. The number of aromatic nitrogens is 3. The van der Waals surface area contributed by atoms with E-state index in [-0.39, 0.29) is 4.91 Å². The highest BCUT2D eigenvalue weighted by atomic mass is 32.2. The van der Waals surface area contributed by atoms with E-state index in [0.717, 1.165) is 39.3 Å². The maximum absolute atomic E-state index is 11.7. The van der Waals surface area contributed by atoms with Crippen molar-refractivity contribution in [1.82, 2.24) is 14.5 Å². The molecule has 0 unspecified atom stereocenters. The first-order chi connectivity index (χ1) is 12.1. The molecule has 0 saturated heterocycles. The molecule has 2 heterocycles. The molecule has 2 aromatic carbocycles. The molecule has 2 N–H and O–H groups in total. The molecule has 0 radical (unpaired) electrons. The lowest BCUT2D eigenvalue weighted by Crippen LogP contribution is -1.97. The molecular formula is C19H15N3O2S. The van der Waals surface area contributed by atoms with Gasteiger partial charge < -0.3 is 14.7 Å². The number of benzene rings is 2. The lowest BCUT2D eigenvalue weighted by Gasteiger charge is -1.99. The molecule has 4 aromatic rings.